The molecule has 0 bridgehead atoms. The minimum absolute atomic E-state index is 0. The Kier molecular flexibility index (Phi) is 10.2. The van der Waals surface area contributed by atoms with Crippen molar-refractivity contribution in [1.29, 1.82) is 0 Å². The first kappa shape index (κ1) is 25.6. The molecule has 0 fully saturated rings. The fourth-order valence-corrected chi connectivity index (χ4v) is 4.81. The van der Waals surface area contributed by atoms with Crippen molar-refractivity contribution in [2.24, 2.45) is 0 Å². The van der Waals surface area contributed by atoms with Gasteiger partial charge in [-0.05, 0) is 55.9 Å². The Morgan fingerprint density at radius 2 is 1.77 bits per heavy atom. The summed E-state index contributed by atoms with van der Waals surface area (Å²) >= 11 is 5.08. The van der Waals surface area contributed by atoms with Gasteiger partial charge in [0.2, 0.25) is 5.91 Å². The fourth-order valence-electron chi connectivity index (χ4n) is 3.25. The van der Waals surface area contributed by atoms with E-state index in [1.54, 1.807) is 11.3 Å². The van der Waals surface area contributed by atoms with Crippen LogP contribution in [-0.4, -0.2) is 48.6 Å². The summed E-state index contributed by atoms with van der Waals surface area (Å²) in [5.41, 5.74) is 1.89. The molecular weight excluding hydrogens is 498 g/mol. The van der Waals surface area contributed by atoms with Crippen LogP contribution >= 0.6 is 39.7 Å². The molecular formula is C23H29BrClN3O2S. The zero-order valence-electron chi connectivity index (χ0n) is 18.1. The number of nitrogens with zero attached hydrogens (tertiary/aromatic N) is 3. The lowest BCUT2D eigenvalue weighted by molar-refractivity contribution is -0.118. The number of likely N-dealkylation sites (N-methyl/N-ethyl adjacent to an activating group) is 1. The quantitative estimate of drug-likeness (QED) is 0.335. The van der Waals surface area contributed by atoms with Crippen LogP contribution in [0.4, 0.5) is 5.13 Å². The van der Waals surface area contributed by atoms with Gasteiger partial charge in [-0.15, -0.1) is 12.4 Å². The number of carbonyl (C=O) groups is 1. The van der Waals surface area contributed by atoms with Gasteiger partial charge in [0.15, 0.2) is 5.13 Å². The highest BCUT2D eigenvalue weighted by molar-refractivity contribution is 9.10. The largest absolute Gasteiger partial charge is 0.494 e. The minimum Gasteiger partial charge on any atom is -0.494 e. The molecule has 0 saturated carbocycles. The molecule has 8 heteroatoms. The highest BCUT2D eigenvalue weighted by Gasteiger charge is 2.21. The first-order valence-corrected chi connectivity index (χ1v) is 12.0. The lowest BCUT2D eigenvalue weighted by atomic mass is 10.1. The van der Waals surface area contributed by atoms with Crippen molar-refractivity contribution in [3.05, 3.63) is 52.5 Å². The molecule has 0 aliphatic rings. The first-order chi connectivity index (χ1) is 14.5. The van der Waals surface area contributed by atoms with Crippen LogP contribution in [-0.2, 0) is 11.2 Å². The van der Waals surface area contributed by atoms with Crippen molar-refractivity contribution in [3.63, 3.8) is 0 Å². The maximum absolute atomic E-state index is 13.3. The molecule has 3 rings (SSSR count). The summed E-state index contributed by atoms with van der Waals surface area (Å²) in [5.74, 6) is 0.883. The standard InChI is InChI=1S/C23H28BrN3O2S.ClH/c1-4-26(5-2)13-14-27(23-25-20-12-9-18(24)16-21(20)30-23)22(28)15-17-7-10-19(11-8-17)29-6-3;/h7-12,16H,4-6,13-15H2,1-3H3;1H. The van der Waals surface area contributed by atoms with Crippen LogP contribution in [0.3, 0.4) is 0 Å². The number of carbonyl (C=O) groups excluding carboxylic acids is 1. The smallest absolute Gasteiger partial charge is 0.233 e. The van der Waals surface area contributed by atoms with E-state index in [1.807, 2.05) is 48.2 Å². The normalized spacial score (nSPS) is 10.9. The predicted molar refractivity (Wildman–Crippen MR) is 136 cm³/mol. The van der Waals surface area contributed by atoms with Crippen molar-refractivity contribution < 1.29 is 9.53 Å². The molecule has 1 aromatic heterocycles. The van der Waals surface area contributed by atoms with Crippen LogP contribution in [0.1, 0.15) is 26.3 Å². The third-order valence-corrected chi connectivity index (χ3v) is 6.53. The zero-order valence-corrected chi connectivity index (χ0v) is 21.4. The summed E-state index contributed by atoms with van der Waals surface area (Å²) in [6, 6.07) is 13.8. The number of halogens is 2. The summed E-state index contributed by atoms with van der Waals surface area (Å²) in [4.78, 5) is 22.2. The third kappa shape index (κ3) is 6.91. The number of hydrogen-bond acceptors (Lipinski definition) is 5. The number of fused-ring (bicyclic) bond motifs is 1. The molecule has 0 spiro atoms. The first-order valence-electron chi connectivity index (χ1n) is 10.3. The summed E-state index contributed by atoms with van der Waals surface area (Å²) in [5, 5.41) is 0.756. The van der Waals surface area contributed by atoms with E-state index in [2.05, 4.69) is 40.7 Å². The van der Waals surface area contributed by atoms with Gasteiger partial charge in [0, 0.05) is 17.6 Å². The number of amides is 1. The molecule has 1 heterocycles. The van der Waals surface area contributed by atoms with Gasteiger partial charge in [0.05, 0.1) is 23.2 Å². The Bertz CT molecular complexity index is 977. The van der Waals surface area contributed by atoms with Crippen LogP contribution < -0.4 is 9.64 Å². The fraction of sp³-hybridized carbons (Fsp3) is 0.391. The van der Waals surface area contributed by atoms with E-state index in [0.29, 0.717) is 19.6 Å². The lowest BCUT2D eigenvalue weighted by Gasteiger charge is -2.24. The van der Waals surface area contributed by atoms with Crippen LogP contribution in [0.25, 0.3) is 10.2 Å². The maximum atomic E-state index is 13.3. The Balaban J connectivity index is 0.00000341. The van der Waals surface area contributed by atoms with Gasteiger partial charge in [0.25, 0.3) is 0 Å². The number of anilines is 1. The Hall–Kier alpha value is -1.67. The topological polar surface area (TPSA) is 45.7 Å². The van der Waals surface area contributed by atoms with E-state index in [0.717, 1.165) is 50.8 Å². The van der Waals surface area contributed by atoms with Gasteiger partial charge in [0.1, 0.15) is 5.75 Å². The molecule has 0 radical (unpaired) electrons. The van der Waals surface area contributed by atoms with E-state index in [9.17, 15) is 4.79 Å². The Morgan fingerprint density at radius 3 is 2.42 bits per heavy atom. The van der Waals surface area contributed by atoms with Crippen LogP contribution in [0.2, 0.25) is 0 Å². The molecule has 0 N–H and O–H groups in total. The summed E-state index contributed by atoms with van der Waals surface area (Å²) in [7, 11) is 0. The highest BCUT2D eigenvalue weighted by atomic mass is 79.9. The Labute approximate surface area is 202 Å². The van der Waals surface area contributed by atoms with Gasteiger partial charge in [-0.3, -0.25) is 9.69 Å². The van der Waals surface area contributed by atoms with Crippen LogP contribution in [0.15, 0.2) is 46.9 Å². The minimum atomic E-state index is 0. The molecule has 31 heavy (non-hydrogen) atoms. The predicted octanol–water partition coefficient (Wildman–Crippen LogP) is 5.80. The number of ether oxygens (including phenoxy) is 1. The van der Waals surface area contributed by atoms with Crippen molar-refractivity contribution in [2.75, 3.05) is 37.7 Å². The number of rotatable bonds is 10. The van der Waals surface area contributed by atoms with E-state index < -0.39 is 0 Å². The van der Waals surface area contributed by atoms with Crippen LogP contribution in [0, 0.1) is 0 Å². The summed E-state index contributed by atoms with van der Waals surface area (Å²) < 4.78 is 7.59. The molecule has 1 amide bonds. The van der Waals surface area contributed by atoms with Gasteiger partial charge < -0.3 is 9.64 Å². The van der Waals surface area contributed by atoms with E-state index in [1.165, 1.54) is 0 Å². The molecule has 168 valence electrons. The molecule has 3 aromatic rings. The molecule has 0 aliphatic carbocycles. The van der Waals surface area contributed by atoms with E-state index in [4.69, 9.17) is 9.72 Å². The molecule has 5 nitrogen and oxygen atoms in total. The van der Waals surface area contributed by atoms with Gasteiger partial charge in [-0.25, -0.2) is 4.98 Å². The average molecular weight is 527 g/mol. The summed E-state index contributed by atoms with van der Waals surface area (Å²) in [6.07, 6.45) is 0.338. The SMILES string of the molecule is CCOc1ccc(CC(=O)N(CCN(CC)CC)c2nc3ccc(Br)cc3s2)cc1.Cl. The number of thiazole rings is 1. The average Bonchev–Trinajstić information content (AvgIpc) is 3.15. The number of aromatic nitrogens is 1. The molecule has 0 unspecified atom stereocenters. The molecule has 0 saturated heterocycles. The molecule has 2 aromatic carbocycles. The number of benzene rings is 2. The van der Waals surface area contributed by atoms with Crippen molar-refractivity contribution >= 4 is 60.9 Å². The maximum Gasteiger partial charge on any atom is 0.233 e. The second-order valence-corrected chi connectivity index (χ2v) is 8.86. The van der Waals surface area contributed by atoms with Crippen LogP contribution in [0.5, 0.6) is 5.75 Å². The second kappa shape index (κ2) is 12.4. The van der Waals surface area contributed by atoms with Crippen molar-refractivity contribution in [2.45, 2.75) is 27.2 Å². The zero-order chi connectivity index (χ0) is 21.5. The van der Waals surface area contributed by atoms with Crippen molar-refractivity contribution in [1.82, 2.24) is 9.88 Å². The number of hydrogen-bond donors (Lipinski definition) is 0. The Morgan fingerprint density at radius 1 is 1.06 bits per heavy atom. The summed E-state index contributed by atoms with van der Waals surface area (Å²) in [6.45, 7) is 10.2. The van der Waals surface area contributed by atoms with Gasteiger partial charge in [-0.2, -0.15) is 0 Å². The van der Waals surface area contributed by atoms with E-state index in [-0.39, 0.29) is 18.3 Å². The van der Waals surface area contributed by atoms with Gasteiger partial charge >= 0.3 is 0 Å². The van der Waals surface area contributed by atoms with Gasteiger partial charge in [-0.1, -0.05) is 53.2 Å². The highest BCUT2D eigenvalue weighted by Crippen LogP contribution is 2.31. The monoisotopic (exact) mass is 525 g/mol. The third-order valence-electron chi connectivity index (χ3n) is 5.00. The molecule has 0 aliphatic heterocycles. The van der Waals surface area contributed by atoms with Crippen molar-refractivity contribution in [3.8, 4) is 5.75 Å². The molecule has 0 atom stereocenters. The van der Waals surface area contributed by atoms with E-state index >= 15 is 0 Å². The lowest BCUT2D eigenvalue weighted by Crippen LogP contribution is -2.39. The second-order valence-electron chi connectivity index (χ2n) is 6.93.